The number of H-pyrrole nitrogens is 1. The maximum absolute atomic E-state index is 9.06. The van der Waals surface area contributed by atoms with Crippen molar-refractivity contribution in [2.75, 3.05) is 5.73 Å². The average molecular weight is 514 g/mol. The predicted molar refractivity (Wildman–Crippen MR) is 149 cm³/mol. The zero-order valence-electron chi connectivity index (χ0n) is 22.0. The van der Waals surface area contributed by atoms with Crippen LogP contribution in [-0.2, 0) is 9.59 Å². The van der Waals surface area contributed by atoms with E-state index in [-0.39, 0.29) is 0 Å². The number of rotatable bonds is 4. The van der Waals surface area contributed by atoms with Crippen molar-refractivity contribution in [2.45, 2.75) is 88.0 Å². The van der Waals surface area contributed by atoms with E-state index in [1.165, 1.54) is 38.7 Å². The lowest BCUT2D eigenvalue weighted by molar-refractivity contribution is -0.106. The van der Waals surface area contributed by atoms with Crippen molar-refractivity contribution >= 4 is 45.1 Å². The molecule has 0 aliphatic carbocycles. The van der Waals surface area contributed by atoms with Gasteiger partial charge in [0.15, 0.2) is 0 Å². The second-order valence-corrected chi connectivity index (χ2v) is 8.39. The summed E-state index contributed by atoms with van der Waals surface area (Å²) in [7, 11) is 0. The number of aldehydes is 2. The molecule has 1 aromatic carbocycles. The third-order valence-electron chi connectivity index (χ3n) is 3.98. The summed E-state index contributed by atoms with van der Waals surface area (Å²) in [6.07, 6.45) is 9.60. The number of hydrogen-bond acceptors (Lipinski definition) is 3. The fraction of sp³-hybridized carbons (Fsp3) is 0.556. The summed E-state index contributed by atoms with van der Waals surface area (Å²) in [5.41, 5.74) is 7.56. The van der Waals surface area contributed by atoms with Gasteiger partial charge in [-0.25, -0.2) is 0 Å². The SMILES string of the molecule is C=CC=O.CC=O.CCC.CCC(C)C.CCC(C)CC.Nc1c[nH]c2ccc(Br)cc12. The highest BCUT2D eigenvalue weighted by molar-refractivity contribution is 9.10. The molecular formula is C27H49BrN2O2. The second-order valence-electron chi connectivity index (χ2n) is 7.47. The van der Waals surface area contributed by atoms with Crippen molar-refractivity contribution in [3.8, 4) is 0 Å². The van der Waals surface area contributed by atoms with Crippen molar-refractivity contribution in [1.82, 2.24) is 4.98 Å². The number of nitrogens with two attached hydrogens (primary N) is 1. The van der Waals surface area contributed by atoms with Crippen LogP contribution in [0.5, 0.6) is 0 Å². The molecule has 3 N–H and O–H groups in total. The normalized spacial score (nSPS) is 8.62. The molecule has 0 aliphatic heterocycles. The molecule has 0 fully saturated rings. The maximum Gasteiger partial charge on any atom is 0.142 e. The van der Waals surface area contributed by atoms with E-state index in [0.29, 0.717) is 6.29 Å². The van der Waals surface area contributed by atoms with Gasteiger partial charge in [-0.05, 0) is 43.0 Å². The fourth-order valence-electron chi connectivity index (χ4n) is 1.40. The summed E-state index contributed by atoms with van der Waals surface area (Å²) in [5, 5.41) is 1.07. The Labute approximate surface area is 206 Å². The van der Waals surface area contributed by atoms with Gasteiger partial charge in [0.25, 0.3) is 0 Å². The summed E-state index contributed by atoms with van der Waals surface area (Å²) in [4.78, 5) is 20.9. The van der Waals surface area contributed by atoms with Crippen LogP contribution in [0.15, 0.2) is 41.5 Å². The van der Waals surface area contributed by atoms with E-state index in [0.717, 1.165) is 39.2 Å². The highest BCUT2D eigenvalue weighted by atomic mass is 79.9. The average Bonchev–Trinajstić information content (AvgIpc) is 3.15. The Hall–Kier alpha value is -1.88. The molecule has 5 heteroatoms. The van der Waals surface area contributed by atoms with Crippen LogP contribution in [0, 0.1) is 11.8 Å². The molecule has 0 aliphatic rings. The molecule has 2 rings (SSSR count). The van der Waals surface area contributed by atoms with Crippen LogP contribution < -0.4 is 5.73 Å². The minimum absolute atomic E-state index is 0.639. The summed E-state index contributed by atoms with van der Waals surface area (Å²) < 4.78 is 1.05. The van der Waals surface area contributed by atoms with Crippen LogP contribution in [0.2, 0.25) is 0 Å². The predicted octanol–water partition coefficient (Wildman–Crippen LogP) is 9.00. The topological polar surface area (TPSA) is 75.9 Å². The number of aromatic amines is 1. The number of fused-ring (bicyclic) bond motifs is 1. The Kier molecular flexibility index (Phi) is 34.1. The molecule has 0 saturated carbocycles. The molecule has 2 aromatic rings. The smallest absolute Gasteiger partial charge is 0.142 e. The number of nitrogen functional groups attached to an aromatic ring is 1. The molecule has 4 nitrogen and oxygen atoms in total. The molecule has 0 bridgehead atoms. The lowest BCUT2D eigenvalue weighted by Gasteiger charge is -1.98. The van der Waals surface area contributed by atoms with Gasteiger partial charge in [-0.3, -0.25) is 4.79 Å². The first kappa shape index (κ1) is 37.4. The monoisotopic (exact) mass is 512 g/mol. The van der Waals surface area contributed by atoms with Crippen LogP contribution in [0.25, 0.3) is 10.9 Å². The zero-order chi connectivity index (χ0) is 25.9. The van der Waals surface area contributed by atoms with Crippen molar-refractivity contribution in [3.05, 3.63) is 41.5 Å². The molecule has 0 atom stereocenters. The van der Waals surface area contributed by atoms with Gasteiger partial charge in [-0.1, -0.05) is 104 Å². The van der Waals surface area contributed by atoms with Crippen molar-refractivity contribution in [1.29, 1.82) is 0 Å². The first-order chi connectivity index (χ1) is 15.1. The van der Waals surface area contributed by atoms with Crippen LogP contribution in [0.4, 0.5) is 5.69 Å². The molecule has 0 unspecified atom stereocenters. The fourth-order valence-corrected chi connectivity index (χ4v) is 1.76. The third-order valence-corrected chi connectivity index (χ3v) is 4.48. The molecule has 0 saturated heterocycles. The lowest BCUT2D eigenvalue weighted by atomic mass is 10.1. The number of nitrogens with one attached hydrogen (secondary N) is 1. The standard InChI is InChI=1S/C8H7BrN2.C6H14.C5H12.C3H4O.C3H8.C2H4O/c9-5-1-2-8-6(3-5)7(10)4-11-8;1-4-6(3)5-2;1-4-5(2)3;1-2-3-4;1-3-2;1-2-3/h1-4,11H,10H2;6H,4-5H2,1-3H3;5H,4H2,1-3H3;2-3H,1H2;3H2,1-2H3;2H,1H3. The maximum atomic E-state index is 9.06. The largest absolute Gasteiger partial charge is 0.397 e. The molecule has 1 heterocycles. The number of anilines is 1. The van der Waals surface area contributed by atoms with Gasteiger partial charge in [0, 0.05) is 21.6 Å². The molecule has 0 amide bonds. The minimum Gasteiger partial charge on any atom is -0.397 e. The Balaban J connectivity index is -0.000000162. The number of benzene rings is 1. The first-order valence-corrected chi connectivity index (χ1v) is 12.4. The highest BCUT2D eigenvalue weighted by Gasteiger charge is 1.98. The Morgan fingerprint density at radius 2 is 1.44 bits per heavy atom. The van der Waals surface area contributed by atoms with Crippen molar-refractivity contribution < 1.29 is 9.59 Å². The number of carbonyl (C=O) groups is 2. The first-order valence-electron chi connectivity index (χ1n) is 11.6. The molecule has 0 spiro atoms. The molecule has 1 aromatic heterocycles. The van der Waals surface area contributed by atoms with Gasteiger partial charge in [-0.15, -0.1) is 0 Å². The Morgan fingerprint density at radius 1 is 1.03 bits per heavy atom. The van der Waals surface area contributed by atoms with E-state index in [4.69, 9.17) is 15.3 Å². The quantitative estimate of drug-likeness (QED) is 0.316. The van der Waals surface area contributed by atoms with Crippen LogP contribution in [0.3, 0.4) is 0 Å². The van der Waals surface area contributed by atoms with E-state index in [1.807, 2.05) is 18.2 Å². The van der Waals surface area contributed by atoms with Gasteiger partial charge in [-0.2, -0.15) is 0 Å². The van der Waals surface area contributed by atoms with E-state index in [9.17, 15) is 0 Å². The van der Waals surface area contributed by atoms with Gasteiger partial charge in [0.05, 0.1) is 5.69 Å². The van der Waals surface area contributed by atoms with Gasteiger partial charge < -0.3 is 15.5 Å². The van der Waals surface area contributed by atoms with Crippen LogP contribution in [-0.4, -0.2) is 17.6 Å². The van der Waals surface area contributed by atoms with E-state index < -0.39 is 0 Å². The van der Waals surface area contributed by atoms with Crippen LogP contribution in [0.1, 0.15) is 88.0 Å². The Morgan fingerprint density at radius 3 is 1.72 bits per heavy atom. The van der Waals surface area contributed by atoms with Gasteiger partial charge in [0.1, 0.15) is 12.6 Å². The van der Waals surface area contributed by atoms with E-state index in [2.05, 4.69) is 82.9 Å². The van der Waals surface area contributed by atoms with E-state index >= 15 is 0 Å². The summed E-state index contributed by atoms with van der Waals surface area (Å²) in [5.74, 6) is 1.82. The number of aromatic nitrogens is 1. The molecular weight excluding hydrogens is 464 g/mol. The summed E-state index contributed by atoms with van der Waals surface area (Å²) >= 11 is 3.38. The van der Waals surface area contributed by atoms with Crippen LogP contribution >= 0.6 is 15.9 Å². The van der Waals surface area contributed by atoms with Gasteiger partial charge >= 0.3 is 0 Å². The van der Waals surface area contributed by atoms with Gasteiger partial charge in [0.2, 0.25) is 0 Å². The number of allylic oxidation sites excluding steroid dienone is 1. The highest BCUT2D eigenvalue weighted by Crippen LogP contribution is 2.23. The lowest BCUT2D eigenvalue weighted by Crippen LogP contribution is -1.85. The third kappa shape index (κ3) is 28.1. The van der Waals surface area contributed by atoms with Crippen molar-refractivity contribution in [2.24, 2.45) is 11.8 Å². The minimum atomic E-state index is 0.639. The Bertz CT molecular complexity index is 657. The summed E-state index contributed by atoms with van der Waals surface area (Å²) in [6.45, 7) is 22.2. The number of hydrogen-bond donors (Lipinski definition) is 2. The number of carbonyl (C=O) groups excluding carboxylic acids is 2. The molecule has 32 heavy (non-hydrogen) atoms. The van der Waals surface area contributed by atoms with Crippen molar-refractivity contribution in [3.63, 3.8) is 0 Å². The molecule has 186 valence electrons. The number of halogens is 1. The molecule has 0 radical (unpaired) electrons. The zero-order valence-corrected chi connectivity index (χ0v) is 23.6. The second kappa shape index (κ2) is 29.1. The van der Waals surface area contributed by atoms with E-state index in [1.54, 1.807) is 6.20 Å². The summed E-state index contributed by atoms with van der Waals surface area (Å²) in [6, 6.07) is 5.98.